The zero-order valence-corrected chi connectivity index (χ0v) is 22.0. The van der Waals surface area contributed by atoms with Gasteiger partial charge >= 0.3 is 0 Å². The second-order valence-corrected chi connectivity index (χ2v) is 13.9. The van der Waals surface area contributed by atoms with Crippen molar-refractivity contribution >= 4 is 15.9 Å². The summed E-state index contributed by atoms with van der Waals surface area (Å²) in [5.41, 5.74) is 3.61. The molecule has 1 aliphatic carbocycles. The van der Waals surface area contributed by atoms with Crippen LogP contribution in [0, 0.1) is 23.7 Å². The van der Waals surface area contributed by atoms with Crippen molar-refractivity contribution in [3.8, 4) is 0 Å². The van der Waals surface area contributed by atoms with Crippen LogP contribution in [0.5, 0.6) is 0 Å². The summed E-state index contributed by atoms with van der Waals surface area (Å²) in [7, 11) is -3.13. The van der Waals surface area contributed by atoms with Crippen LogP contribution in [-0.4, -0.2) is 79.1 Å². The van der Waals surface area contributed by atoms with E-state index in [-0.39, 0.29) is 18.0 Å². The third kappa shape index (κ3) is 5.35. The summed E-state index contributed by atoms with van der Waals surface area (Å²) in [5, 5.41) is 2.36. The average molecular weight is 495 g/mol. The summed E-state index contributed by atoms with van der Waals surface area (Å²) < 4.78 is 27.9. The number of hydrazine groups is 1. The predicted octanol–water partition coefficient (Wildman–Crippen LogP) is 3.22. The number of hydrogen-bond acceptors (Lipinski definition) is 5. The fraction of sp³-hybridized carbons (Fsp3) is 0.962. The first-order valence-corrected chi connectivity index (χ1v) is 15.8. The SMILES string of the molecule is CC1NN2CCC(C3CCN(S(=O)(=O)CC4CCCCC4)CC3)CC2C1C(=O)N1CCCCC1. The zero-order chi connectivity index (χ0) is 23.7. The molecule has 0 bridgehead atoms. The lowest BCUT2D eigenvalue weighted by Crippen LogP contribution is -2.50. The van der Waals surface area contributed by atoms with E-state index in [1.54, 1.807) is 4.31 Å². The van der Waals surface area contributed by atoms with Crippen molar-refractivity contribution in [3.63, 3.8) is 0 Å². The van der Waals surface area contributed by atoms with Crippen LogP contribution >= 0.6 is 0 Å². The first-order valence-electron chi connectivity index (χ1n) is 14.2. The Kier molecular flexibility index (Phi) is 7.88. The van der Waals surface area contributed by atoms with Crippen molar-refractivity contribution in [2.24, 2.45) is 23.7 Å². The molecule has 194 valence electrons. The van der Waals surface area contributed by atoms with E-state index in [2.05, 4.69) is 22.3 Å². The van der Waals surface area contributed by atoms with E-state index in [1.807, 2.05) is 0 Å². The van der Waals surface area contributed by atoms with Gasteiger partial charge in [-0.05, 0) is 82.5 Å². The van der Waals surface area contributed by atoms with Crippen LogP contribution in [0.15, 0.2) is 0 Å². The molecule has 1 N–H and O–H groups in total. The van der Waals surface area contributed by atoms with Gasteiger partial charge in [-0.1, -0.05) is 19.3 Å². The maximum Gasteiger partial charge on any atom is 0.228 e. The lowest BCUT2D eigenvalue weighted by molar-refractivity contribution is -0.138. The normalized spacial score (nSPS) is 35.4. The Morgan fingerprint density at radius 2 is 1.47 bits per heavy atom. The number of rotatable bonds is 5. The summed E-state index contributed by atoms with van der Waals surface area (Å²) in [6.45, 7) is 6.40. The number of nitrogens with one attached hydrogen (secondary N) is 1. The van der Waals surface area contributed by atoms with E-state index < -0.39 is 10.0 Å². The molecule has 8 heteroatoms. The zero-order valence-electron chi connectivity index (χ0n) is 21.2. The molecule has 5 fully saturated rings. The number of fused-ring (bicyclic) bond motifs is 1. The molecule has 1 amide bonds. The Balaban J connectivity index is 1.16. The number of amides is 1. The van der Waals surface area contributed by atoms with Gasteiger partial charge in [0.2, 0.25) is 15.9 Å². The minimum absolute atomic E-state index is 0.0526. The Hall–Kier alpha value is -0.700. The van der Waals surface area contributed by atoms with Gasteiger partial charge in [-0.2, -0.15) is 0 Å². The molecule has 7 nitrogen and oxygen atoms in total. The summed E-state index contributed by atoms with van der Waals surface area (Å²) in [6.07, 6.45) is 13.5. The third-order valence-electron chi connectivity index (χ3n) is 9.69. The van der Waals surface area contributed by atoms with E-state index in [0.717, 1.165) is 71.0 Å². The number of carbonyl (C=O) groups excluding carboxylic acids is 1. The molecule has 34 heavy (non-hydrogen) atoms. The largest absolute Gasteiger partial charge is 0.342 e. The van der Waals surface area contributed by atoms with Crippen molar-refractivity contribution in [1.82, 2.24) is 19.6 Å². The molecule has 4 atom stereocenters. The standard InChI is InChI=1S/C26H46N4O3S/c1-20-25(26(31)28-13-6-3-7-14-28)24-18-23(12-17-30(24)27-20)22-10-15-29(16-11-22)34(32,33)19-21-8-4-2-5-9-21/h20-25,27H,2-19H2,1H3. The van der Waals surface area contributed by atoms with Crippen LogP contribution in [0.1, 0.15) is 84.0 Å². The van der Waals surface area contributed by atoms with E-state index in [4.69, 9.17) is 0 Å². The van der Waals surface area contributed by atoms with Crippen LogP contribution in [0.3, 0.4) is 0 Å². The van der Waals surface area contributed by atoms with Gasteiger partial charge in [-0.15, -0.1) is 0 Å². The van der Waals surface area contributed by atoms with E-state index in [0.29, 0.717) is 42.5 Å². The molecule has 0 aromatic heterocycles. The molecule has 5 rings (SSSR count). The molecule has 4 saturated heterocycles. The minimum atomic E-state index is -3.13. The average Bonchev–Trinajstić information content (AvgIpc) is 3.19. The number of likely N-dealkylation sites (tertiary alicyclic amines) is 1. The van der Waals surface area contributed by atoms with Crippen molar-refractivity contribution in [2.45, 2.75) is 96.1 Å². The Morgan fingerprint density at radius 1 is 0.824 bits per heavy atom. The molecular weight excluding hydrogens is 448 g/mol. The maximum absolute atomic E-state index is 13.5. The van der Waals surface area contributed by atoms with Gasteiger partial charge < -0.3 is 4.90 Å². The second kappa shape index (κ2) is 10.7. The Bertz CT molecular complexity index is 801. The fourth-order valence-corrected chi connectivity index (χ4v) is 9.62. The van der Waals surface area contributed by atoms with Gasteiger partial charge in [0.1, 0.15) is 0 Å². The Morgan fingerprint density at radius 3 is 2.18 bits per heavy atom. The first-order chi connectivity index (χ1) is 16.4. The number of piperidine rings is 3. The first kappa shape index (κ1) is 25.0. The lowest BCUT2D eigenvalue weighted by Gasteiger charge is -2.42. The van der Waals surface area contributed by atoms with E-state index in [1.165, 1.54) is 25.7 Å². The monoisotopic (exact) mass is 494 g/mol. The van der Waals surface area contributed by atoms with Gasteiger partial charge in [0, 0.05) is 44.8 Å². The fourth-order valence-electron chi connectivity index (χ4n) is 7.72. The van der Waals surface area contributed by atoms with Crippen LogP contribution in [0.25, 0.3) is 0 Å². The van der Waals surface area contributed by atoms with Crippen molar-refractivity contribution in [2.75, 3.05) is 38.5 Å². The van der Waals surface area contributed by atoms with Gasteiger partial charge in [0.25, 0.3) is 0 Å². The van der Waals surface area contributed by atoms with Crippen molar-refractivity contribution in [3.05, 3.63) is 0 Å². The van der Waals surface area contributed by atoms with Crippen LogP contribution < -0.4 is 5.43 Å². The van der Waals surface area contributed by atoms with Crippen LogP contribution in [0.4, 0.5) is 0 Å². The number of sulfonamides is 1. The summed E-state index contributed by atoms with van der Waals surface area (Å²) in [4.78, 5) is 15.6. The van der Waals surface area contributed by atoms with Crippen molar-refractivity contribution < 1.29 is 13.2 Å². The molecule has 1 saturated carbocycles. The van der Waals surface area contributed by atoms with E-state index in [9.17, 15) is 13.2 Å². The molecule has 0 aromatic rings. The highest BCUT2D eigenvalue weighted by molar-refractivity contribution is 7.89. The summed E-state index contributed by atoms with van der Waals surface area (Å²) >= 11 is 0. The Labute approximate surface area is 207 Å². The molecule has 5 aliphatic rings. The maximum atomic E-state index is 13.5. The number of nitrogens with zero attached hydrogens (tertiary/aromatic N) is 3. The molecule has 0 spiro atoms. The predicted molar refractivity (Wildman–Crippen MR) is 134 cm³/mol. The van der Waals surface area contributed by atoms with Gasteiger partial charge in [-0.3, -0.25) is 10.2 Å². The second-order valence-electron chi connectivity index (χ2n) is 11.9. The number of carbonyl (C=O) groups is 1. The molecular formula is C26H46N4O3S. The topological polar surface area (TPSA) is 73.0 Å². The molecule has 0 radical (unpaired) electrons. The van der Waals surface area contributed by atoms with E-state index >= 15 is 0 Å². The smallest absolute Gasteiger partial charge is 0.228 e. The molecule has 4 unspecified atom stereocenters. The highest BCUT2D eigenvalue weighted by Crippen LogP contribution is 2.40. The minimum Gasteiger partial charge on any atom is -0.342 e. The summed E-state index contributed by atoms with van der Waals surface area (Å²) in [5.74, 6) is 2.33. The van der Waals surface area contributed by atoms with Crippen molar-refractivity contribution in [1.29, 1.82) is 0 Å². The summed E-state index contributed by atoms with van der Waals surface area (Å²) in [6, 6.07) is 0.487. The van der Waals surface area contributed by atoms with Gasteiger partial charge in [0.05, 0.1) is 11.7 Å². The number of hydrogen-bond donors (Lipinski definition) is 1. The molecule has 0 aromatic carbocycles. The van der Waals surface area contributed by atoms with Crippen LogP contribution in [0.2, 0.25) is 0 Å². The highest BCUT2D eigenvalue weighted by atomic mass is 32.2. The van der Waals surface area contributed by atoms with Crippen LogP contribution in [-0.2, 0) is 14.8 Å². The molecule has 4 aliphatic heterocycles. The van der Waals surface area contributed by atoms with Gasteiger partial charge in [-0.25, -0.2) is 17.7 Å². The third-order valence-corrected chi connectivity index (χ3v) is 11.7. The quantitative estimate of drug-likeness (QED) is 0.635. The molecule has 4 heterocycles. The highest BCUT2D eigenvalue weighted by Gasteiger charge is 2.49. The lowest BCUT2D eigenvalue weighted by atomic mass is 9.74. The van der Waals surface area contributed by atoms with Gasteiger partial charge in [0.15, 0.2) is 0 Å².